The zero-order chi connectivity index (χ0) is 31.9. The predicted molar refractivity (Wildman–Crippen MR) is 181 cm³/mol. The molecule has 12 heteroatoms. The number of fused-ring (bicyclic) bond motifs is 7. The minimum absolute atomic E-state index is 0.0704. The van der Waals surface area contributed by atoms with E-state index in [1.807, 2.05) is 19.9 Å². The summed E-state index contributed by atoms with van der Waals surface area (Å²) in [5.41, 5.74) is 1.50. The number of piperazine rings is 1. The van der Waals surface area contributed by atoms with Gasteiger partial charge in [0.1, 0.15) is 10.6 Å². The highest BCUT2D eigenvalue weighted by Gasteiger charge is 2.35. The molecule has 0 radical (unpaired) electrons. The van der Waals surface area contributed by atoms with Crippen LogP contribution in [0, 0.1) is 5.92 Å². The number of ether oxygens (including phenoxy) is 1. The zero-order valence-electron chi connectivity index (χ0n) is 26.9. The standard InChI is InChI=1S/C24H21F2N7OS.C8H15N.C2H6/c1-34-24-30-22(33-9-11-2-3-12(10-33)29-11)18-13-6-7-27-19(20(13)35-23(18)31-24)17-14(21(25)26)4-5-16-15(17)8-28-32-16;1-7-5-8-3-2-4-9(8)6-7;1-2/h4-8,11-12,21,29H,2-3,9-10H2,1H3,(H,28,32);7-8H,2-6H2,1H3;1-2H3. The van der Waals surface area contributed by atoms with Crippen molar-refractivity contribution in [2.45, 2.75) is 77.4 Å². The fourth-order valence-electron chi connectivity index (χ4n) is 7.85. The first-order chi connectivity index (χ1) is 22.5. The minimum atomic E-state index is -2.65. The third-order valence-corrected chi connectivity index (χ3v) is 10.9. The number of aromatic amines is 1. The van der Waals surface area contributed by atoms with E-state index in [1.54, 1.807) is 25.6 Å². The maximum absolute atomic E-state index is 14.1. The Hall–Kier alpha value is -3.48. The molecule has 1 aromatic carbocycles. The van der Waals surface area contributed by atoms with Crippen LogP contribution in [0.25, 0.3) is 42.5 Å². The van der Waals surface area contributed by atoms with Crippen LogP contribution in [0.1, 0.15) is 64.9 Å². The third kappa shape index (κ3) is 5.58. The van der Waals surface area contributed by atoms with E-state index in [4.69, 9.17) is 9.72 Å². The van der Waals surface area contributed by atoms with Gasteiger partial charge in [-0.1, -0.05) is 26.8 Å². The van der Waals surface area contributed by atoms with E-state index < -0.39 is 6.43 Å². The molecular weight excluding hydrogens is 606 g/mol. The average Bonchev–Trinajstić information content (AvgIpc) is 3.90. The van der Waals surface area contributed by atoms with Crippen molar-refractivity contribution < 1.29 is 13.5 Å². The van der Waals surface area contributed by atoms with E-state index in [0.29, 0.717) is 40.3 Å². The molecule has 2 bridgehead atoms. The Morgan fingerprint density at radius 3 is 2.57 bits per heavy atom. The topological polar surface area (TPSA) is 95.1 Å². The van der Waals surface area contributed by atoms with Gasteiger partial charge in [0.05, 0.1) is 34.6 Å². The van der Waals surface area contributed by atoms with Crippen molar-refractivity contribution in [3.8, 4) is 17.3 Å². The molecule has 0 amide bonds. The Morgan fingerprint density at radius 2 is 1.83 bits per heavy atom. The Labute approximate surface area is 271 Å². The number of thiophene rings is 1. The van der Waals surface area contributed by atoms with Gasteiger partial charge in [-0.3, -0.25) is 10.1 Å². The highest BCUT2D eigenvalue weighted by Crippen LogP contribution is 2.46. The van der Waals surface area contributed by atoms with Gasteiger partial charge >= 0.3 is 6.01 Å². The van der Waals surface area contributed by atoms with Gasteiger partial charge in [0.15, 0.2) is 0 Å². The van der Waals surface area contributed by atoms with Crippen LogP contribution < -0.4 is 15.0 Å². The van der Waals surface area contributed by atoms with Crippen LogP contribution in [0.4, 0.5) is 14.6 Å². The van der Waals surface area contributed by atoms with E-state index >= 15 is 0 Å². The number of nitrogens with one attached hydrogen (secondary N) is 2. The molecule has 0 aliphatic carbocycles. The lowest BCUT2D eigenvalue weighted by Crippen LogP contribution is -2.51. The first kappa shape index (κ1) is 31.1. The number of pyridine rings is 1. The second-order valence-electron chi connectivity index (χ2n) is 12.7. The maximum Gasteiger partial charge on any atom is 0.319 e. The summed E-state index contributed by atoms with van der Waals surface area (Å²) < 4.78 is 34.5. The van der Waals surface area contributed by atoms with Gasteiger partial charge in [-0.25, -0.2) is 8.78 Å². The molecule has 0 spiro atoms. The second-order valence-corrected chi connectivity index (χ2v) is 13.7. The number of hydrogen-bond donors (Lipinski definition) is 2. The molecule has 4 aromatic heterocycles. The summed E-state index contributed by atoms with van der Waals surface area (Å²) in [6, 6.07) is 7.14. The van der Waals surface area contributed by atoms with Crippen LogP contribution in [0.3, 0.4) is 0 Å². The van der Waals surface area contributed by atoms with Gasteiger partial charge in [0.2, 0.25) is 0 Å². The Bertz CT molecular complexity index is 1820. The van der Waals surface area contributed by atoms with E-state index in [0.717, 1.165) is 64.0 Å². The normalized spacial score (nSPS) is 23.9. The van der Waals surface area contributed by atoms with Gasteiger partial charge in [-0.15, -0.1) is 11.3 Å². The Kier molecular flexibility index (Phi) is 8.77. The quantitative estimate of drug-likeness (QED) is 0.212. The average molecular weight is 649 g/mol. The number of anilines is 1. The Morgan fingerprint density at radius 1 is 1.02 bits per heavy atom. The lowest BCUT2D eigenvalue weighted by Gasteiger charge is -2.34. The van der Waals surface area contributed by atoms with Crippen molar-refractivity contribution in [3.63, 3.8) is 0 Å². The fraction of sp³-hybridized carbons (Fsp3) is 0.529. The van der Waals surface area contributed by atoms with E-state index in [2.05, 4.69) is 42.2 Å². The van der Waals surface area contributed by atoms with E-state index in [1.165, 1.54) is 49.8 Å². The first-order valence-corrected chi connectivity index (χ1v) is 17.4. The summed E-state index contributed by atoms with van der Waals surface area (Å²) in [6.07, 6.45) is 7.30. The van der Waals surface area contributed by atoms with Gasteiger partial charge < -0.3 is 19.9 Å². The number of hydrogen-bond acceptors (Lipinski definition) is 9. The molecular formula is C34H42F2N8OS. The molecule has 4 aliphatic heterocycles. The van der Waals surface area contributed by atoms with Crippen molar-refractivity contribution >= 4 is 48.4 Å². The summed E-state index contributed by atoms with van der Waals surface area (Å²) in [5, 5.41) is 13.0. The maximum atomic E-state index is 14.1. The summed E-state index contributed by atoms with van der Waals surface area (Å²) >= 11 is 1.43. The predicted octanol–water partition coefficient (Wildman–Crippen LogP) is 7.19. The number of alkyl halides is 2. The first-order valence-electron chi connectivity index (χ1n) is 16.6. The van der Waals surface area contributed by atoms with E-state index in [9.17, 15) is 8.78 Å². The summed E-state index contributed by atoms with van der Waals surface area (Å²) in [7, 11) is 1.56. The van der Waals surface area contributed by atoms with Gasteiger partial charge in [0.25, 0.3) is 6.43 Å². The van der Waals surface area contributed by atoms with Crippen LogP contribution in [0.5, 0.6) is 6.01 Å². The second kappa shape index (κ2) is 13.0. The number of halogens is 2. The number of benzene rings is 1. The van der Waals surface area contributed by atoms with Crippen LogP contribution in [-0.4, -0.2) is 81.5 Å². The molecule has 4 unspecified atom stereocenters. The van der Waals surface area contributed by atoms with E-state index in [-0.39, 0.29) is 5.56 Å². The minimum Gasteiger partial charge on any atom is -0.467 e. The third-order valence-electron chi connectivity index (χ3n) is 9.76. The smallest absolute Gasteiger partial charge is 0.319 e. The molecule has 46 heavy (non-hydrogen) atoms. The van der Waals surface area contributed by atoms with Gasteiger partial charge in [-0.05, 0) is 56.7 Å². The molecule has 8 heterocycles. The highest BCUT2D eigenvalue weighted by atomic mass is 32.1. The van der Waals surface area contributed by atoms with Crippen molar-refractivity contribution in [3.05, 3.63) is 36.2 Å². The monoisotopic (exact) mass is 648 g/mol. The van der Waals surface area contributed by atoms with Crippen LogP contribution in [0.2, 0.25) is 0 Å². The molecule has 9 nitrogen and oxygen atoms in total. The number of nitrogens with zero attached hydrogens (tertiary/aromatic N) is 6. The van der Waals surface area contributed by atoms with Crippen molar-refractivity contribution in [2.75, 3.05) is 38.2 Å². The summed E-state index contributed by atoms with van der Waals surface area (Å²) in [6.45, 7) is 10.8. The number of methoxy groups -OCH3 is 1. The zero-order valence-corrected chi connectivity index (χ0v) is 27.7. The molecule has 9 rings (SSSR count). The van der Waals surface area contributed by atoms with Crippen LogP contribution in [0.15, 0.2) is 30.6 Å². The van der Waals surface area contributed by atoms with Crippen molar-refractivity contribution in [2.24, 2.45) is 5.92 Å². The highest BCUT2D eigenvalue weighted by molar-refractivity contribution is 7.26. The molecule has 4 fully saturated rings. The van der Waals surface area contributed by atoms with Crippen molar-refractivity contribution in [1.82, 2.24) is 35.4 Å². The van der Waals surface area contributed by atoms with Crippen molar-refractivity contribution in [1.29, 1.82) is 0 Å². The molecule has 2 N–H and O–H groups in total. The molecule has 244 valence electrons. The van der Waals surface area contributed by atoms with Crippen LogP contribution >= 0.6 is 11.3 Å². The van der Waals surface area contributed by atoms with Gasteiger partial charge in [-0.2, -0.15) is 15.1 Å². The van der Waals surface area contributed by atoms with Gasteiger partial charge in [0, 0.05) is 65.9 Å². The Balaban J connectivity index is 0.000000261. The number of H-pyrrole nitrogens is 1. The molecule has 4 atom stereocenters. The number of aromatic nitrogens is 5. The molecule has 4 aliphatic rings. The SMILES string of the molecule is CC.CC1CC2CCCN2C1.COc1nc(N2CC3CCC(C2)N3)c2c(n1)sc1c(-c3c(C(F)F)ccc4[nH]ncc34)nccc12. The lowest BCUT2D eigenvalue weighted by atomic mass is 9.99. The van der Waals surface area contributed by atoms with Crippen LogP contribution in [-0.2, 0) is 0 Å². The molecule has 4 saturated heterocycles. The largest absolute Gasteiger partial charge is 0.467 e. The fourth-order valence-corrected chi connectivity index (χ4v) is 9.01. The molecule has 5 aromatic rings. The molecule has 0 saturated carbocycles. The number of rotatable bonds is 4. The summed E-state index contributed by atoms with van der Waals surface area (Å²) in [5.74, 6) is 1.81. The summed E-state index contributed by atoms with van der Waals surface area (Å²) in [4.78, 5) is 19.7. The lowest BCUT2D eigenvalue weighted by molar-refractivity contribution is 0.152.